The van der Waals surface area contributed by atoms with Crippen LogP contribution in [0.3, 0.4) is 0 Å². The largest absolute Gasteiger partial charge is 0.475 e. The van der Waals surface area contributed by atoms with Gasteiger partial charge in [-0.05, 0) is 29.7 Å². The van der Waals surface area contributed by atoms with Crippen LogP contribution in [0.4, 0.5) is 5.13 Å². The van der Waals surface area contributed by atoms with Gasteiger partial charge in [0.2, 0.25) is 17.8 Å². The second kappa shape index (κ2) is 9.80. The highest BCUT2D eigenvalue weighted by Crippen LogP contribution is 2.38. The van der Waals surface area contributed by atoms with Crippen molar-refractivity contribution in [1.82, 2.24) is 10.3 Å². The van der Waals surface area contributed by atoms with Crippen molar-refractivity contribution >= 4 is 51.4 Å². The number of ketones is 1. The predicted octanol–water partition coefficient (Wildman–Crippen LogP) is 3.16. The summed E-state index contributed by atoms with van der Waals surface area (Å²) in [6, 6.07) is 10.5. The van der Waals surface area contributed by atoms with E-state index in [9.17, 15) is 19.2 Å². The van der Waals surface area contributed by atoms with Crippen molar-refractivity contribution in [3.05, 3.63) is 74.9 Å². The second-order valence-corrected chi connectivity index (χ2v) is 9.49. The molecule has 0 fully saturated rings. The highest BCUT2D eigenvalue weighted by atomic mass is 32.1. The van der Waals surface area contributed by atoms with Crippen LogP contribution in [-0.2, 0) is 14.3 Å². The molecule has 2 aliphatic rings. The quantitative estimate of drug-likeness (QED) is 0.464. The molecule has 1 aromatic carbocycles. The van der Waals surface area contributed by atoms with Gasteiger partial charge in [0.25, 0.3) is 5.91 Å². The van der Waals surface area contributed by atoms with E-state index in [4.69, 9.17) is 9.47 Å². The molecular weight excluding hydrogens is 490 g/mol. The number of rotatable bonds is 8. The molecule has 9 nitrogen and oxygen atoms in total. The van der Waals surface area contributed by atoms with Gasteiger partial charge in [0.15, 0.2) is 5.13 Å². The van der Waals surface area contributed by atoms with Crippen molar-refractivity contribution in [2.75, 3.05) is 24.6 Å². The van der Waals surface area contributed by atoms with Gasteiger partial charge in [-0.3, -0.25) is 19.3 Å². The highest BCUT2D eigenvalue weighted by Gasteiger charge is 2.36. The van der Waals surface area contributed by atoms with Gasteiger partial charge in [-0.25, -0.2) is 9.78 Å². The van der Waals surface area contributed by atoms with Gasteiger partial charge >= 0.3 is 5.97 Å². The number of thiophene rings is 1. The van der Waals surface area contributed by atoms with Crippen LogP contribution in [0.15, 0.2) is 58.8 Å². The molecule has 0 saturated heterocycles. The van der Waals surface area contributed by atoms with Gasteiger partial charge in [0, 0.05) is 24.9 Å². The predicted molar refractivity (Wildman–Crippen MR) is 129 cm³/mol. The van der Waals surface area contributed by atoms with Crippen LogP contribution in [0.5, 0.6) is 5.75 Å². The Labute approximate surface area is 208 Å². The lowest BCUT2D eigenvalue weighted by Gasteiger charge is -2.19. The molecule has 0 bridgehead atoms. The number of nitrogens with one attached hydrogen (secondary N) is 1. The standard InChI is InChI=1S/C24H19N3O6S2/c28-19(25-12-14-8-10-32-23(14)31)7-9-27(22(30)18-6-3-11-34-18)24-26-16(13-35-24)21-20(29)15-4-1-2-5-17(15)33-21/h1-6,8,11,13,21H,7,9-10,12H2,(H,25,28). The number of fused-ring (bicyclic) bond motifs is 1. The molecule has 35 heavy (non-hydrogen) atoms. The number of carbonyl (C=O) groups is 4. The molecule has 0 radical (unpaired) electrons. The van der Waals surface area contributed by atoms with Gasteiger partial charge in [-0.15, -0.1) is 22.7 Å². The van der Waals surface area contributed by atoms with Crippen LogP contribution >= 0.6 is 22.7 Å². The lowest BCUT2D eigenvalue weighted by Crippen LogP contribution is -2.35. The normalized spacial score (nSPS) is 16.3. The van der Waals surface area contributed by atoms with E-state index >= 15 is 0 Å². The summed E-state index contributed by atoms with van der Waals surface area (Å²) in [5, 5.41) is 6.52. The third-order valence-electron chi connectivity index (χ3n) is 5.47. The number of Topliss-reactive ketones (excluding diaryl/α,β-unsaturated/α-hetero) is 1. The molecule has 0 spiro atoms. The Morgan fingerprint density at radius 1 is 1.14 bits per heavy atom. The smallest absolute Gasteiger partial charge is 0.335 e. The molecule has 1 atom stereocenters. The zero-order valence-corrected chi connectivity index (χ0v) is 19.9. The van der Waals surface area contributed by atoms with Crippen LogP contribution in [0.2, 0.25) is 0 Å². The first-order chi connectivity index (χ1) is 17.0. The number of carbonyl (C=O) groups excluding carboxylic acids is 4. The van der Waals surface area contributed by atoms with Crippen molar-refractivity contribution in [3.63, 3.8) is 0 Å². The van der Waals surface area contributed by atoms with Gasteiger partial charge in [-0.1, -0.05) is 18.2 Å². The fraction of sp³-hybridized carbons (Fsp3) is 0.208. The Bertz CT molecular complexity index is 1330. The van der Waals surface area contributed by atoms with Crippen molar-refractivity contribution in [2.24, 2.45) is 0 Å². The lowest BCUT2D eigenvalue weighted by molar-refractivity contribution is -0.136. The highest BCUT2D eigenvalue weighted by molar-refractivity contribution is 7.14. The van der Waals surface area contributed by atoms with Crippen LogP contribution in [0.1, 0.15) is 38.2 Å². The third kappa shape index (κ3) is 4.73. The van der Waals surface area contributed by atoms with E-state index in [1.807, 2.05) is 0 Å². The molecule has 0 aliphatic carbocycles. The summed E-state index contributed by atoms with van der Waals surface area (Å²) in [7, 11) is 0. The minimum Gasteiger partial charge on any atom is -0.475 e. The van der Waals surface area contributed by atoms with E-state index in [1.165, 1.54) is 27.6 Å². The summed E-state index contributed by atoms with van der Waals surface area (Å²) < 4.78 is 10.6. The van der Waals surface area contributed by atoms with E-state index < -0.39 is 12.1 Å². The number of ether oxygens (including phenoxy) is 2. The topological polar surface area (TPSA) is 115 Å². The van der Waals surface area contributed by atoms with Gasteiger partial charge < -0.3 is 14.8 Å². The maximum atomic E-state index is 13.2. The van der Waals surface area contributed by atoms with Crippen LogP contribution in [0.25, 0.3) is 0 Å². The van der Waals surface area contributed by atoms with Gasteiger partial charge in [0.1, 0.15) is 18.1 Å². The molecule has 4 heterocycles. The maximum absolute atomic E-state index is 13.2. The summed E-state index contributed by atoms with van der Waals surface area (Å²) in [5.74, 6) is -0.746. The molecule has 3 aromatic rings. The monoisotopic (exact) mass is 509 g/mol. The molecule has 2 aliphatic heterocycles. The minimum atomic E-state index is -0.876. The Balaban J connectivity index is 1.30. The fourth-order valence-corrected chi connectivity index (χ4v) is 5.20. The summed E-state index contributed by atoms with van der Waals surface area (Å²) in [6.07, 6.45) is 0.745. The van der Waals surface area contributed by atoms with E-state index in [1.54, 1.807) is 53.2 Å². The first-order valence-electron chi connectivity index (χ1n) is 10.7. The molecule has 1 N–H and O–H groups in total. The Morgan fingerprint density at radius 2 is 2.00 bits per heavy atom. The van der Waals surface area contributed by atoms with Crippen LogP contribution in [0, 0.1) is 0 Å². The zero-order chi connectivity index (χ0) is 24.4. The zero-order valence-electron chi connectivity index (χ0n) is 18.3. The average molecular weight is 510 g/mol. The molecular formula is C24H19N3O6S2. The third-order valence-corrected chi connectivity index (χ3v) is 7.21. The number of anilines is 1. The molecule has 5 rings (SSSR count). The molecule has 178 valence electrons. The Hall–Kier alpha value is -3.83. The van der Waals surface area contributed by atoms with E-state index in [2.05, 4.69) is 10.3 Å². The number of esters is 1. The van der Waals surface area contributed by atoms with Crippen molar-refractivity contribution < 1.29 is 28.7 Å². The second-order valence-electron chi connectivity index (χ2n) is 7.70. The van der Waals surface area contributed by atoms with Crippen molar-refractivity contribution in [2.45, 2.75) is 12.5 Å². The molecule has 0 saturated carbocycles. The molecule has 2 amide bonds. The number of para-hydroxylation sites is 1. The van der Waals surface area contributed by atoms with Crippen LogP contribution in [-0.4, -0.2) is 48.2 Å². The minimum absolute atomic E-state index is 0.00133. The van der Waals surface area contributed by atoms with E-state index in [0.29, 0.717) is 32.6 Å². The number of benzene rings is 1. The number of aromatic nitrogens is 1. The first-order valence-corrected chi connectivity index (χ1v) is 12.5. The number of hydrogen-bond donors (Lipinski definition) is 1. The molecule has 2 aromatic heterocycles. The SMILES string of the molecule is O=C(CCN(C(=O)c1cccs1)c1nc(C2Oc3ccccc3C2=O)cs1)NCC1=CCOC1=O. The Morgan fingerprint density at radius 3 is 2.74 bits per heavy atom. The molecule has 11 heteroatoms. The van der Waals surface area contributed by atoms with E-state index in [0.717, 1.165) is 0 Å². The summed E-state index contributed by atoms with van der Waals surface area (Å²) in [4.78, 5) is 56.4. The van der Waals surface area contributed by atoms with E-state index in [-0.39, 0.29) is 43.7 Å². The number of thiazole rings is 1. The van der Waals surface area contributed by atoms with Gasteiger partial charge in [-0.2, -0.15) is 0 Å². The number of nitrogens with zero attached hydrogens (tertiary/aromatic N) is 2. The number of cyclic esters (lactones) is 1. The summed E-state index contributed by atoms with van der Waals surface area (Å²) in [5.41, 5.74) is 1.31. The summed E-state index contributed by atoms with van der Waals surface area (Å²) >= 11 is 2.49. The number of amides is 2. The summed E-state index contributed by atoms with van der Waals surface area (Å²) in [6.45, 7) is 0.343. The first kappa shape index (κ1) is 22.9. The average Bonchev–Trinajstić information content (AvgIpc) is 3.66. The molecule has 1 unspecified atom stereocenters. The Kier molecular flexibility index (Phi) is 6.43. The van der Waals surface area contributed by atoms with Crippen molar-refractivity contribution in [3.8, 4) is 5.75 Å². The van der Waals surface area contributed by atoms with Crippen LogP contribution < -0.4 is 15.0 Å². The van der Waals surface area contributed by atoms with Crippen molar-refractivity contribution in [1.29, 1.82) is 0 Å². The van der Waals surface area contributed by atoms with Gasteiger partial charge in [0.05, 0.1) is 16.0 Å². The number of hydrogen-bond acceptors (Lipinski definition) is 9. The fourth-order valence-electron chi connectivity index (χ4n) is 3.66. The lowest BCUT2D eigenvalue weighted by atomic mass is 10.1. The maximum Gasteiger partial charge on any atom is 0.335 e.